The van der Waals surface area contributed by atoms with Gasteiger partial charge < -0.3 is 20.1 Å². The quantitative estimate of drug-likeness (QED) is 0.0264. The number of nitrogens with two attached hydrogens (primary N) is 1. The minimum Gasteiger partial charge on any atom is -0.462 e. The van der Waals surface area contributed by atoms with Crippen LogP contribution in [0.4, 0.5) is 0 Å². The second-order valence-corrected chi connectivity index (χ2v) is 23.1. The minimum atomic E-state index is -4.40. The number of ether oxygens (including phenoxy) is 2. The van der Waals surface area contributed by atoms with E-state index in [4.69, 9.17) is 24.3 Å². The maximum absolute atomic E-state index is 12.7. The first-order valence-corrected chi connectivity index (χ1v) is 34.2. The Bertz CT molecular complexity index is 1610. The molecule has 9 nitrogen and oxygen atoms in total. The van der Waals surface area contributed by atoms with Crippen molar-refractivity contribution >= 4 is 19.8 Å². The van der Waals surface area contributed by atoms with Gasteiger partial charge >= 0.3 is 19.8 Å². The van der Waals surface area contributed by atoms with E-state index >= 15 is 0 Å². The molecule has 0 heterocycles. The van der Waals surface area contributed by atoms with Crippen LogP contribution in [0.1, 0.15) is 296 Å². The van der Waals surface area contributed by atoms with Gasteiger partial charge in [-0.2, -0.15) is 0 Å². The third-order valence-corrected chi connectivity index (χ3v) is 14.9. The molecule has 0 saturated carbocycles. The molecule has 10 heteroatoms. The van der Waals surface area contributed by atoms with Gasteiger partial charge in [0.1, 0.15) is 6.61 Å². The maximum Gasteiger partial charge on any atom is 0.472 e. The van der Waals surface area contributed by atoms with E-state index in [0.717, 1.165) is 96.3 Å². The fourth-order valence-corrected chi connectivity index (χ4v) is 9.91. The summed E-state index contributed by atoms with van der Waals surface area (Å²) >= 11 is 0. The number of unbranched alkanes of at least 4 members (excludes halogenated alkanes) is 32. The zero-order valence-corrected chi connectivity index (χ0v) is 52.0. The molecule has 2 atom stereocenters. The summed E-state index contributed by atoms with van der Waals surface area (Å²) < 4.78 is 33.1. The van der Waals surface area contributed by atoms with Crippen molar-refractivity contribution in [2.45, 2.75) is 302 Å². The lowest BCUT2D eigenvalue weighted by Gasteiger charge is -2.19. The molecular formula is C69H122NO8P. The molecule has 456 valence electrons. The summed E-state index contributed by atoms with van der Waals surface area (Å²) in [6.45, 7) is 3.61. The van der Waals surface area contributed by atoms with Crippen LogP contribution in [-0.4, -0.2) is 49.3 Å². The number of carbonyl (C=O) groups is 2. The zero-order valence-electron chi connectivity index (χ0n) is 51.1. The number of carbonyl (C=O) groups excluding carboxylic acids is 2. The number of hydrogen-bond acceptors (Lipinski definition) is 8. The number of allylic oxidation sites excluding steroid dienone is 16. The second kappa shape index (κ2) is 64.1. The Morgan fingerprint density at radius 2 is 0.696 bits per heavy atom. The maximum atomic E-state index is 12.7. The summed E-state index contributed by atoms with van der Waals surface area (Å²) in [6.07, 6.45) is 86.4. The Hall–Kier alpha value is -3.07. The smallest absolute Gasteiger partial charge is 0.462 e. The van der Waals surface area contributed by atoms with Crippen LogP contribution in [0.15, 0.2) is 97.2 Å². The highest BCUT2D eigenvalue weighted by Gasteiger charge is 2.26. The van der Waals surface area contributed by atoms with Gasteiger partial charge in [0.05, 0.1) is 13.2 Å². The van der Waals surface area contributed by atoms with Crippen molar-refractivity contribution < 1.29 is 37.6 Å². The molecule has 0 bridgehead atoms. The van der Waals surface area contributed by atoms with Gasteiger partial charge in [0, 0.05) is 19.4 Å². The Balaban J connectivity index is 3.83. The Morgan fingerprint density at radius 3 is 1.04 bits per heavy atom. The molecule has 79 heavy (non-hydrogen) atoms. The van der Waals surface area contributed by atoms with Crippen molar-refractivity contribution in [3.63, 3.8) is 0 Å². The largest absolute Gasteiger partial charge is 0.472 e. The van der Waals surface area contributed by atoms with E-state index in [1.807, 2.05) is 0 Å². The van der Waals surface area contributed by atoms with E-state index in [9.17, 15) is 19.0 Å². The average Bonchev–Trinajstić information content (AvgIpc) is 3.44. The van der Waals surface area contributed by atoms with Crippen LogP contribution in [0.3, 0.4) is 0 Å². The lowest BCUT2D eigenvalue weighted by atomic mass is 10.0. The van der Waals surface area contributed by atoms with E-state index in [1.54, 1.807) is 0 Å². The molecule has 2 unspecified atom stereocenters. The highest BCUT2D eigenvalue weighted by atomic mass is 31.2. The number of esters is 2. The summed E-state index contributed by atoms with van der Waals surface area (Å²) in [5.41, 5.74) is 5.39. The molecular weight excluding hydrogens is 1000 g/mol. The van der Waals surface area contributed by atoms with E-state index in [1.165, 1.54) is 167 Å². The first-order valence-electron chi connectivity index (χ1n) is 32.7. The number of rotatable bonds is 61. The minimum absolute atomic E-state index is 0.0496. The SMILES string of the molecule is CC/C=C\C/C=C\C/C=C\C/C=C\C/C=C\CCCCCCCCCCCCCCCCCCCCCCCCCC(=O)OC(COC(=O)CCCCCCCC/C=C\C/C=C\C/C=C\CCCCC)COP(=O)(O)OCCN. The molecule has 0 spiro atoms. The lowest BCUT2D eigenvalue weighted by molar-refractivity contribution is -0.161. The number of hydrogen-bond donors (Lipinski definition) is 2. The zero-order chi connectivity index (χ0) is 57.3. The van der Waals surface area contributed by atoms with Gasteiger partial charge in [-0.05, 0) is 96.3 Å². The van der Waals surface area contributed by atoms with E-state index in [-0.39, 0.29) is 32.6 Å². The van der Waals surface area contributed by atoms with Crippen LogP contribution in [0, 0.1) is 0 Å². The summed E-state index contributed by atoms with van der Waals surface area (Å²) in [4.78, 5) is 35.2. The molecule has 0 aromatic heterocycles. The van der Waals surface area contributed by atoms with Crippen molar-refractivity contribution in [2.75, 3.05) is 26.4 Å². The fraction of sp³-hybridized carbons (Fsp3) is 0.739. The monoisotopic (exact) mass is 1120 g/mol. The van der Waals surface area contributed by atoms with Crippen LogP contribution in [0.25, 0.3) is 0 Å². The Kier molecular flexibility index (Phi) is 61.6. The van der Waals surface area contributed by atoms with Gasteiger partial charge in [0.25, 0.3) is 0 Å². The van der Waals surface area contributed by atoms with Crippen LogP contribution in [0.2, 0.25) is 0 Å². The molecule has 0 saturated heterocycles. The van der Waals surface area contributed by atoms with Gasteiger partial charge in [-0.25, -0.2) is 4.57 Å². The Morgan fingerprint density at radius 1 is 0.392 bits per heavy atom. The van der Waals surface area contributed by atoms with Crippen LogP contribution in [-0.2, 0) is 32.7 Å². The number of phosphoric ester groups is 1. The standard InChI is InChI=1S/C69H122NO8P/c1-3-5-7-9-11-13-15-17-19-21-23-24-25-26-27-28-29-30-31-32-33-34-35-36-37-38-39-40-41-42-44-46-48-50-52-54-56-58-60-62-69(72)78-67(66-77-79(73,74)76-64-63-70)65-75-68(71)61-59-57-55-53-51-49-47-45-43-22-20-18-16-14-12-10-8-6-4-2/h5,7,11-14,17-20,23-24,26-27,43,45,67H,3-4,6,8-10,15-16,21-22,25,28-42,44,46-66,70H2,1-2H3,(H,73,74)/b7-5-,13-11-,14-12-,19-17-,20-18-,24-23-,27-26-,45-43-. The first-order chi connectivity index (χ1) is 38.8. The first kappa shape index (κ1) is 75.9. The van der Waals surface area contributed by atoms with Crippen molar-refractivity contribution in [1.82, 2.24) is 0 Å². The average molecular weight is 1120 g/mol. The van der Waals surface area contributed by atoms with E-state index in [0.29, 0.717) is 6.42 Å². The predicted molar refractivity (Wildman–Crippen MR) is 339 cm³/mol. The van der Waals surface area contributed by atoms with E-state index < -0.39 is 32.5 Å². The molecule has 0 aliphatic heterocycles. The number of phosphoric acid groups is 1. The molecule has 0 radical (unpaired) electrons. The summed E-state index contributed by atoms with van der Waals surface area (Å²) in [6, 6.07) is 0. The molecule has 0 aliphatic carbocycles. The molecule has 0 rings (SSSR count). The van der Waals surface area contributed by atoms with Crippen LogP contribution < -0.4 is 5.73 Å². The fourth-order valence-electron chi connectivity index (χ4n) is 9.14. The molecule has 3 N–H and O–H groups in total. The van der Waals surface area contributed by atoms with Gasteiger partial charge in [-0.15, -0.1) is 0 Å². The van der Waals surface area contributed by atoms with Crippen molar-refractivity contribution in [1.29, 1.82) is 0 Å². The summed E-state index contributed by atoms with van der Waals surface area (Å²) in [5, 5.41) is 0. The second-order valence-electron chi connectivity index (χ2n) is 21.6. The van der Waals surface area contributed by atoms with Crippen molar-refractivity contribution in [3.8, 4) is 0 Å². The van der Waals surface area contributed by atoms with Gasteiger partial charge in [0.2, 0.25) is 0 Å². The summed E-state index contributed by atoms with van der Waals surface area (Å²) in [5.74, 6) is -0.835. The normalized spacial score (nSPS) is 13.6. The van der Waals surface area contributed by atoms with Gasteiger partial charge in [-0.3, -0.25) is 18.6 Å². The molecule has 0 aromatic carbocycles. The highest BCUT2D eigenvalue weighted by Crippen LogP contribution is 2.43. The van der Waals surface area contributed by atoms with Crippen molar-refractivity contribution in [2.24, 2.45) is 5.73 Å². The molecule has 0 aromatic rings. The highest BCUT2D eigenvalue weighted by molar-refractivity contribution is 7.47. The Labute approximate surface area is 486 Å². The third-order valence-electron chi connectivity index (χ3n) is 14.0. The van der Waals surface area contributed by atoms with Crippen LogP contribution in [0.5, 0.6) is 0 Å². The molecule has 0 aliphatic rings. The van der Waals surface area contributed by atoms with Gasteiger partial charge in [0.15, 0.2) is 6.10 Å². The predicted octanol–water partition coefficient (Wildman–Crippen LogP) is 21.2. The van der Waals surface area contributed by atoms with Crippen LogP contribution >= 0.6 is 7.82 Å². The molecule has 0 amide bonds. The van der Waals surface area contributed by atoms with Crippen molar-refractivity contribution in [3.05, 3.63) is 97.2 Å². The van der Waals surface area contributed by atoms with E-state index in [2.05, 4.69) is 111 Å². The molecule has 0 fully saturated rings. The van der Waals surface area contributed by atoms with Gasteiger partial charge in [-0.1, -0.05) is 284 Å². The summed E-state index contributed by atoms with van der Waals surface area (Å²) in [7, 11) is -4.40. The topological polar surface area (TPSA) is 134 Å². The third kappa shape index (κ3) is 64.0. The lowest BCUT2D eigenvalue weighted by Crippen LogP contribution is -2.29.